The highest BCUT2D eigenvalue weighted by molar-refractivity contribution is 5.79. The van der Waals surface area contributed by atoms with E-state index in [1.165, 1.54) is 6.08 Å². The van der Waals surface area contributed by atoms with Crippen molar-refractivity contribution in [1.82, 2.24) is 5.32 Å². The summed E-state index contributed by atoms with van der Waals surface area (Å²) in [6, 6.07) is -0.845. The van der Waals surface area contributed by atoms with Crippen LogP contribution >= 0.6 is 0 Å². The van der Waals surface area contributed by atoms with E-state index in [1.54, 1.807) is 0 Å². The van der Waals surface area contributed by atoms with Gasteiger partial charge in [-0.3, -0.25) is 0 Å². The highest BCUT2D eigenvalue weighted by atomic mass is 16.5. The van der Waals surface area contributed by atoms with Crippen molar-refractivity contribution in [3.63, 3.8) is 0 Å². The van der Waals surface area contributed by atoms with E-state index in [-0.39, 0.29) is 6.61 Å². The van der Waals surface area contributed by atoms with E-state index < -0.39 is 18.1 Å². The third-order valence-corrected chi connectivity index (χ3v) is 2.72. The van der Waals surface area contributed by atoms with Crippen molar-refractivity contribution < 1.29 is 19.4 Å². The molecule has 1 fully saturated rings. The van der Waals surface area contributed by atoms with Crippen molar-refractivity contribution in [1.29, 1.82) is 0 Å². The molecule has 5 nitrogen and oxygen atoms in total. The summed E-state index contributed by atoms with van der Waals surface area (Å²) in [6.45, 7) is 3.48. The molecule has 1 rings (SSSR count). The van der Waals surface area contributed by atoms with Crippen LogP contribution in [-0.4, -0.2) is 29.8 Å². The number of alkyl carbamates (subject to hydrolysis) is 1. The molecule has 1 aliphatic rings. The monoisotopic (exact) mass is 227 g/mol. The van der Waals surface area contributed by atoms with Crippen LogP contribution < -0.4 is 5.32 Å². The normalized spacial score (nSPS) is 17.0. The number of ether oxygens (including phenoxy) is 1. The molecule has 0 saturated heterocycles. The van der Waals surface area contributed by atoms with Gasteiger partial charge in [-0.25, -0.2) is 9.59 Å². The molecule has 5 heteroatoms. The SMILES string of the molecule is C=CCOC(=O)N[C@H](CC1CCC1)C(=O)O. The number of amides is 1. The van der Waals surface area contributed by atoms with Gasteiger partial charge in [-0.05, 0) is 12.3 Å². The number of carbonyl (C=O) groups excluding carboxylic acids is 1. The molecule has 0 heterocycles. The topological polar surface area (TPSA) is 75.6 Å². The number of rotatable bonds is 6. The molecule has 0 radical (unpaired) electrons. The highest BCUT2D eigenvalue weighted by Crippen LogP contribution is 2.30. The zero-order valence-corrected chi connectivity index (χ0v) is 9.15. The van der Waals surface area contributed by atoms with Crippen LogP contribution in [0.25, 0.3) is 0 Å². The van der Waals surface area contributed by atoms with Gasteiger partial charge in [0, 0.05) is 0 Å². The van der Waals surface area contributed by atoms with Crippen molar-refractivity contribution >= 4 is 12.1 Å². The van der Waals surface area contributed by atoms with Gasteiger partial charge in [0.1, 0.15) is 12.6 Å². The fourth-order valence-electron chi connectivity index (χ4n) is 1.60. The predicted molar refractivity (Wildman–Crippen MR) is 58.1 cm³/mol. The summed E-state index contributed by atoms with van der Waals surface area (Å²) in [5, 5.41) is 11.3. The lowest BCUT2D eigenvalue weighted by atomic mass is 9.81. The van der Waals surface area contributed by atoms with E-state index in [0.717, 1.165) is 19.3 Å². The maximum Gasteiger partial charge on any atom is 0.408 e. The minimum Gasteiger partial charge on any atom is -0.480 e. The predicted octanol–water partition coefficient (Wildman–Crippen LogP) is 1.54. The van der Waals surface area contributed by atoms with Crippen molar-refractivity contribution in [2.75, 3.05) is 6.61 Å². The summed E-state index contributed by atoms with van der Waals surface area (Å²) in [6.07, 6.45) is 4.46. The second kappa shape index (κ2) is 6.15. The molecule has 90 valence electrons. The number of carboxylic acids is 1. The van der Waals surface area contributed by atoms with Gasteiger partial charge in [0.2, 0.25) is 0 Å². The van der Waals surface area contributed by atoms with Gasteiger partial charge in [-0.15, -0.1) is 0 Å². The smallest absolute Gasteiger partial charge is 0.408 e. The van der Waals surface area contributed by atoms with Crippen LogP contribution in [0.1, 0.15) is 25.7 Å². The average Bonchev–Trinajstić information content (AvgIpc) is 2.17. The van der Waals surface area contributed by atoms with Gasteiger partial charge in [0.25, 0.3) is 0 Å². The molecule has 1 aliphatic carbocycles. The molecule has 1 atom stereocenters. The molecular formula is C11H17NO4. The lowest BCUT2D eigenvalue weighted by Crippen LogP contribution is -2.43. The standard InChI is InChI=1S/C11H17NO4/c1-2-6-16-11(15)12-9(10(13)14)7-8-4-3-5-8/h2,8-9H,1,3-7H2,(H,12,15)(H,13,14)/t9-/m1/s1. The summed E-state index contributed by atoms with van der Waals surface area (Å²) in [4.78, 5) is 22.1. The Morgan fingerprint density at radius 1 is 1.56 bits per heavy atom. The Morgan fingerprint density at radius 3 is 2.69 bits per heavy atom. The second-order valence-electron chi connectivity index (χ2n) is 3.95. The third kappa shape index (κ3) is 3.92. The van der Waals surface area contributed by atoms with Crippen molar-refractivity contribution in [3.05, 3.63) is 12.7 Å². The van der Waals surface area contributed by atoms with Crippen molar-refractivity contribution in [2.24, 2.45) is 5.92 Å². The van der Waals surface area contributed by atoms with Gasteiger partial charge in [0.05, 0.1) is 0 Å². The van der Waals surface area contributed by atoms with Crippen LogP contribution in [-0.2, 0) is 9.53 Å². The van der Waals surface area contributed by atoms with Crippen molar-refractivity contribution in [2.45, 2.75) is 31.7 Å². The van der Waals surface area contributed by atoms with E-state index >= 15 is 0 Å². The summed E-state index contributed by atoms with van der Waals surface area (Å²) in [5.74, 6) is -0.594. The molecule has 16 heavy (non-hydrogen) atoms. The minimum absolute atomic E-state index is 0.0849. The number of hydrogen-bond donors (Lipinski definition) is 2. The molecule has 1 amide bonds. The van der Waals surface area contributed by atoms with E-state index in [2.05, 4.69) is 16.6 Å². The number of carbonyl (C=O) groups is 2. The first-order valence-corrected chi connectivity index (χ1v) is 5.40. The van der Waals surface area contributed by atoms with Crippen LogP contribution in [0.4, 0.5) is 4.79 Å². The number of aliphatic carboxylic acids is 1. The zero-order valence-electron chi connectivity index (χ0n) is 9.15. The second-order valence-corrected chi connectivity index (χ2v) is 3.95. The van der Waals surface area contributed by atoms with E-state index in [9.17, 15) is 9.59 Å². The molecule has 0 spiro atoms. The maximum absolute atomic E-state index is 11.2. The Kier molecular flexibility index (Phi) is 4.82. The van der Waals surface area contributed by atoms with Crippen LogP contribution in [0, 0.1) is 5.92 Å². The Morgan fingerprint density at radius 2 is 2.25 bits per heavy atom. The van der Waals surface area contributed by atoms with Gasteiger partial charge in [-0.1, -0.05) is 31.9 Å². The molecule has 0 aromatic rings. The Labute approximate surface area is 94.5 Å². The zero-order chi connectivity index (χ0) is 12.0. The fraction of sp³-hybridized carbons (Fsp3) is 0.636. The summed E-state index contributed by atoms with van der Waals surface area (Å²) in [5.41, 5.74) is 0. The fourth-order valence-corrected chi connectivity index (χ4v) is 1.60. The Bertz CT molecular complexity index is 273. The molecule has 0 unspecified atom stereocenters. The lowest BCUT2D eigenvalue weighted by Gasteiger charge is -2.28. The van der Waals surface area contributed by atoms with Crippen molar-refractivity contribution in [3.8, 4) is 0 Å². The lowest BCUT2D eigenvalue weighted by molar-refractivity contribution is -0.140. The molecule has 0 bridgehead atoms. The number of nitrogens with one attached hydrogen (secondary N) is 1. The van der Waals surface area contributed by atoms with Gasteiger partial charge < -0.3 is 15.2 Å². The van der Waals surface area contributed by atoms with Gasteiger partial charge in [-0.2, -0.15) is 0 Å². The van der Waals surface area contributed by atoms with Gasteiger partial charge >= 0.3 is 12.1 Å². The molecule has 0 aliphatic heterocycles. The first-order chi connectivity index (χ1) is 7.63. The van der Waals surface area contributed by atoms with Gasteiger partial charge in [0.15, 0.2) is 0 Å². The Hall–Kier alpha value is -1.52. The summed E-state index contributed by atoms with van der Waals surface area (Å²) >= 11 is 0. The van der Waals surface area contributed by atoms with E-state index in [4.69, 9.17) is 5.11 Å². The maximum atomic E-state index is 11.2. The first kappa shape index (κ1) is 12.5. The van der Waals surface area contributed by atoms with Crippen LogP contribution in [0.5, 0.6) is 0 Å². The Balaban J connectivity index is 2.34. The highest BCUT2D eigenvalue weighted by Gasteiger charge is 2.27. The van der Waals surface area contributed by atoms with Crippen LogP contribution in [0.15, 0.2) is 12.7 Å². The average molecular weight is 227 g/mol. The van der Waals surface area contributed by atoms with E-state index in [0.29, 0.717) is 12.3 Å². The summed E-state index contributed by atoms with van der Waals surface area (Å²) in [7, 11) is 0. The van der Waals surface area contributed by atoms with Crippen LogP contribution in [0.2, 0.25) is 0 Å². The molecular weight excluding hydrogens is 210 g/mol. The largest absolute Gasteiger partial charge is 0.480 e. The molecule has 0 aromatic heterocycles. The summed E-state index contributed by atoms with van der Waals surface area (Å²) < 4.78 is 4.67. The first-order valence-electron chi connectivity index (χ1n) is 5.40. The number of carboxylic acid groups (broad SMARTS) is 1. The van der Waals surface area contributed by atoms with Crippen LogP contribution in [0.3, 0.4) is 0 Å². The minimum atomic E-state index is -1.01. The molecule has 0 aromatic carbocycles. The third-order valence-electron chi connectivity index (χ3n) is 2.72. The molecule has 1 saturated carbocycles. The van der Waals surface area contributed by atoms with E-state index in [1.807, 2.05) is 0 Å². The quantitative estimate of drug-likeness (QED) is 0.675. The molecule has 2 N–H and O–H groups in total. The number of hydrogen-bond acceptors (Lipinski definition) is 3.